The molecule has 2 bridgehead atoms. The van der Waals surface area contributed by atoms with Crippen LogP contribution in [-0.2, 0) is 11.8 Å². The Bertz CT molecular complexity index is 863. The average Bonchev–Trinajstić information content (AvgIpc) is 2.65. The number of amides is 1. The predicted octanol–water partition coefficient (Wildman–Crippen LogP) is 3.10. The Balaban J connectivity index is 1.88. The van der Waals surface area contributed by atoms with Gasteiger partial charge in [0.15, 0.2) is 0 Å². The van der Waals surface area contributed by atoms with Crippen molar-refractivity contribution in [2.24, 2.45) is 5.73 Å². The van der Waals surface area contributed by atoms with Gasteiger partial charge >= 0.3 is 0 Å². The van der Waals surface area contributed by atoms with Gasteiger partial charge in [-0.25, -0.2) is 0 Å². The van der Waals surface area contributed by atoms with Gasteiger partial charge in [-0.3, -0.25) is 4.79 Å². The molecule has 1 saturated heterocycles. The average molecular weight is 350 g/mol. The zero-order valence-electron chi connectivity index (χ0n) is 15.7. The fourth-order valence-corrected chi connectivity index (χ4v) is 5.08. The van der Waals surface area contributed by atoms with Gasteiger partial charge in [0.25, 0.3) is 0 Å². The molecule has 136 valence electrons. The molecule has 2 aromatic carbocycles. The molecular formula is C22H26N2O2. The van der Waals surface area contributed by atoms with E-state index in [9.17, 15) is 4.79 Å². The normalized spacial score (nSPS) is 27.7. The molecule has 2 aliphatic rings. The first-order valence-electron chi connectivity index (χ1n) is 9.21. The lowest BCUT2D eigenvalue weighted by Crippen LogP contribution is -2.56. The molecule has 1 amide bonds. The zero-order valence-corrected chi connectivity index (χ0v) is 15.7. The topological polar surface area (TPSA) is 55.6 Å². The third-order valence-electron chi connectivity index (χ3n) is 6.51. The zero-order chi connectivity index (χ0) is 18.5. The van der Waals surface area contributed by atoms with E-state index in [4.69, 9.17) is 10.5 Å². The summed E-state index contributed by atoms with van der Waals surface area (Å²) >= 11 is 0. The van der Waals surface area contributed by atoms with E-state index in [2.05, 4.69) is 43.1 Å². The molecule has 4 heteroatoms. The Morgan fingerprint density at radius 2 is 2.08 bits per heavy atom. The van der Waals surface area contributed by atoms with Gasteiger partial charge in [-0.2, -0.15) is 0 Å². The van der Waals surface area contributed by atoms with Crippen LogP contribution in [0.25, 0.3) is 0 Å². The number of hydrogen-bond donors (Lipinski definition) is 1. The minimum atomic E-state index is -0.367. The highest BCUT2D eigenvalue weighted by molar-refractivity contribution is 5.92. The summed E-state index contributed by atoms with van der Waals surface area (Å²) in [5.74, 6) is 0.862. The summed E-state index contributed by atoms with van der Waals surface area (Å²) in [6, 6.07) is 14.8. The second kappa shape index (κ2) is 6.13. The number of nitrogens with two attached hydrogens (primary N) is 1. The minimum absolute atomic E-state index is 0.00949. The van der Waals surface area contributed by atoms with E-state index in [0.717, 1.165) is 25.1 Å². The Morgan fingerprint density at radius 3 is 2.81 bits per heavy atom. The first-order valence-corrected chi connectivity index (χ1v) is 9.21. The van der Waals surface area contributed by atoms with Crippen molar-refractivity contribution in [1.82, 2.24) is 4.90 Å². The largest absolute Gasteiger partial charge is 0.497 e. The van der Waals surface area contributed by atoms with E-state index < -0.39 is 0 Å². The number of carbonyl (C=O) groups is 1. The van der Waals surface area contributed by atoms with Crippen LogP contribution in [0.1, 0.15) is 46.3 Å². The smallest absolute Gasteiger partial charge is 0.248 e. The lowest BCUT2D eigenvalue weighted by Gasteiger charge is -2.55. The lowest BCUT2D eigenvalue weighted by atomic mass is 9.56. The maximum absolute atomic E-state index is 11.7. The van der Waals surface area contributed by atoms with Gasteiger partial charge in [0.2, 0.25) is 5.91 Å². The second-order valence-corrected chi connectivity index (χ2v) is 7.91. The van der Waals surface area contributed by atoms with Crippen LogP contribution < -0.4 is 10.5 Å². The summed E-state index contributed by atoms with van der Waals surface area (Å²) in [5.41, 5.74) is 10.1. The molecule has 0 unspecified atom stereocenters. The van der Waals surface area contributed by atoms with Crippen molar-refractivity contribution in [2.45, 2.75) is 37.1 Å². The summed E-state index contributed by atoms with van der Waals surface area (Å²) < 4.78 is 5.50. The van der Waals surface area contributed by atoms with Crippen LogP contribution in [0.15, 0.2) is 42.5 Å². The number of hydrogen-bond acceptors (Lipinski definition) is 3. The van der Waals surface area contributed by atoms with Gasteiger partial charge in [0.1, 0.15) is 5.75 Å². The number of ether oxygens (including phenoxy) is 1. The second-order valence-electron chi connectivity index (χ2n) is 7.91. The molecule has 0 spiro atoms. The van der Waals surface area contributed by atoms with Gasteiger partial charge in [-0.05, 0) is 67.4 Å². The van der Waals surface area contributed by atoms with Crippen molar-refractivity contribution in [2.75, 3.05) is 20.7 Å². The number of benzene rings is 2. The number of nitrogens with zero attached hydrogens (tertiary/aromatic N) is 1. The van der Waals surface area contributed by atoms with E-state index in [0.29, 0.717) is 17.5 Å². The van der Waals surface area contributed by atoms with Gasteiger partial charge < -0.3 is 15.4 Å². The number of fused-ring (bicyclic) bond motifs is 4. The third-order valence-corrected chi connectivity index (χ3v) is 6.51. The van der Waals surface area contributed by atoms with Crippen molar-refractivity contribution in [3.8, 4) is 5.75 Å². The SMILES string of the molecule is COc1ccc2c(c1)[C@@]1(C)CCN(C)[C@H](C2)[C@@H]1c1cccc(C(N)=O)c1. The molecule has 3 atom stereocenters. The molecule has 26 heavy (non-hydrogen) atoms. The van der Waals surface area contributed by atoms with Crippen molar-refractivity contribution in [3.05, 3.63) is 64.7 Å². The van der Waals surface area contributed by atoms with Gasteiger partial charge in [0, 0.05) is 22.9 Å². The van der Waals surface area contributed by atoms with E-state index >= 15 is 0 Å². The van der Waals surface area contributed by atoms with E-state index in [1.54, 1.807) is 13.2 Å². The number of likely N-dealkylation sites (N-methyl/N-ethyl adjacent to an activating group) is 1. The monoisotopic (exact) mass is 350 g/mol. The fourth-order valence-electron chi connectivity index (χ4n) is 5.08. The highest BCUT2D eigenvalue weighted by Gasteiger charge is 2.50. The molecule has 1 aliphatic heterocycles. The Kier molecular flexibility index (Phi) is 4.03. The van der Waals surface area contributed by atoms with Crippen LogP contribution in [0.5, 0.6) is 5.75 Å². The minimum Gasteiger partial charge on any atom is -0.497 e. The van der Waals surface area contributed by atoms with Crippen LogP contribution in [0.3, 0.4) is 0 Å². The van der Waals surface area contributed by atoms with Crippen LogP contribution >= 0.6 is 0 Å². The Hall–Kier alpha value is -2.33. The third kappa shape index (κ3) is 2.52. The molecule has 1 heterocycles. The van der Waals surface area contributed by atoms with Crippen LogP contribution in [-0.4, -0.2) is 37.6 Å². The van der Waals surface area contributed by atoms with Crippen LogP contribution in [0.2, 0.25) is 0 Å². The fraction of sp³-hybridized carbons (Fsp3) is 0.409. The maximum Gasteiger partial charge on any atom is 0.248 e. The van der Waals surface area contributed by atoms with Gasteiger partial charge in [0.05, 0.1) is 7.11 Å². The maximum atomic E-state index is 11.7. The molecular weight excluding hydrogens is 324 g/mol. The first-order chi connectivity index (χ1) is 12.4. The molecule has 2 aromatic rings. The number of likely N-dealkylation sites (tertiary alicyclic amines) is 1. The first kappa shape index (κ1) is 17.1. The Labute approximate surface area is 155 Å². The van der Waals surface area contributed by atoms with E-state index in [1.807, 2.05) is 12.1 Å². The van der Waals surface area contributed by atoms with Crippen LogP contribution in [0.4, 0.5) is 0 Å². The molecule has 0 saturated carbocycles. The molecule has 0 radical (unpaired) electrons. The standard InChI is InChI=1S/C22H26N2O2/c1-22-9-10-24(2)19(12-14-7-8-17(26-3)13-18(14)22)20(22)15-5-4-6-16(11-15)21(23)25/h4-8,11,13,19-20H,9-10,12H2,1-3H3,(H2,23,25)/t19-,20+,22-/m1/s1. The highest BCUT2D eigenvalue weighted by Crippen LogP contribution is 2.53. The molecule has 4 rings (SSSR count). The van der Waals surface area contributed by atoms with Crippen molar-refractivity contribution in [1.29, 1.82) is 0 Å². The lowest BCUT2D eigenvalue weighted by molar-refractivity contribution is 0.0828. The predicted molar refractivity (Wildman–Crippen MR) is 103 cm³/mol. The number of rotatable bonds is 3. The summed E-state index contributed by atoms with van der Waals surface area (Å²) in [4.78, 5) is 14.2. The summed E-state index contributed by atoms with van der Waals surface area (Å²) in [6.07, 6.45) is 2.09. The summed E-state index contributed by atoms with van der Waals surface area (Å²) in [5, 5.41) is 0. The highest BCUT2D eigenvalue weighted by atomic mass is 16.5. The molecule has 1 fully saturated rings. The quantitative estimate of drug-likeness (QED) is 0.925. The van der Waals surface area contributed by atoms with Gasteiger partial charge in [-0.15, -0.1) is 0 Å². The molecule has 0 aromatic heterocycles. The summed E-state index contributed by atoms with van der Waals surface area (Å²) in [7, 11) is 3.93. The summed E-state index contributed by atoms with van der Waals surface area (Å²) in [6.45, 7) is 3.44. The van der Waals surface area contributed by atoms with E-state index in [-0.39, 0.29) is 11.3 Å². The van der Waals surface area contributed by atoms with Crippen molar-refractivity contribution in [3.63, 3.8) is 0 Å². The molecule has 4 nitrogen and oxygen atoms in total. The van der Waals surface area contributed by atoms with Crippen molar-refractivity contribution >= 4 is 5.91 Å². The van der Waals surface area contributed by atoms with Crippen LogP contribution in [0, 0.1) is 0 Å². The number of piperidine rings is 1. The molecule has 1 aliphatic carbocycles. The number of carbonyl (C=O) groups excluding carboxylic acids is 1. The van der Waals surface area contributed by atoms with Gasteiger partial charge in [-0.1, -0.05) is 25.1 Å². The number of methoxy groups -OCH3 is 1. The Morgan fingerprint density at radius 1 is 1.27 bits per heavy atom. The van der Waals surface area contributed by atoms with E-state index in [1.165, 1.54) is 16.7 Å². The number of primary amides is 1. The van der Waals surface area contributed by atoms with Crippen molar-refractivity contribution < 1.29 is 9.53 Å². The molecule has 2 N–H and O–H groups in total.